The molecule has 0 bridgehead atoms. The van der Waals surface area contributed by atoms with E-state index in [9.17, 15) is 4.79 Å². The van der Waals surface area contributed by atoms with Crippen LogP contribution in [0.2, 0.25) is 5.02 Å². The second kappa shape index (κ2) is 8.82. The molecular formula is C19H17ClN4O2. The highest BCUT2D eigenvalue weighted by molar-refractivity contribution is 6.31. The van der Waals surface area contributed by atoms with Crippen molar-refractivity contribution in [2.75, 3.05) is 5.32 Å². The molecule has 26 heavy (non-hydrogen) atoms. The minimum Gasteiger partial charge on any atom is -0.470 e. The third kappa shape index (κ3) is 4.94. The molecule has 0 unspecified atom stereocenters. The molecule has 0 aliphatic carbocycles. The summed E-state index contributed by atoms with van der Waals surface area (Å²) in [6, 6.07) is 16.6. The highest BCUT2D eigenvalue weighted by Crippen LogP contribution is 2.21. The minimum absolute atomic E-state index is 0.221. The van der Waals surface area contributed by atoms with Gasteiger partial charge < -0.3 is 10.1 Å². The molecule has 0 saturated heterocycles. The monoisotopic (exact) mass is 368 g/mol. The number of ether oxygens (including phenoxy) is 1. The van der Waals surface area contributed by atoms with Gasteiger partial charge in [-0.25, -0.2) is 14.8 Å². The van der Waals surface area contributed by atoms with Crippen LogP contribution in [0.5, 0.6) is 5.88 Å². The summed E-state index contributed by atoms with van der Waals surface area (Å²) < 4.78 is 5.67. The Hall–Kier alpha value is -3.12. The highest BCUT2D eigenvalue weighted by Gasteiger charge is 2.11. The number of hydrogen-bond acceptors (Lipinski definition) is 4. The summed E-state index contributed by atoms with van der Waals surface area (Å²) in [5.41, 5.74) is 1.82. The molecule has 0 radical (unpaired) electrons. The molecule has 0 aliphatic rings. The van der Waals surface area contributed by atoms with Crippen LogP contribution in [-0.4, -0.2) is 16.0 Å². The number of carbonyl (C=O) groups is 1. The zero-order valence-electron chi connectivity index (χ0n) is 13.9. The molecule has 2 N–H and O–H groups in total. The predicted octanol–water partition coefficient (Wildman–Crippen LogP) is 4.03. The van der Waals surface area contributed by atoms with Gasteiger partial charge in [0, 0.05) is 29.5 Å². The van der Waals surface area contributed by atoms with Crippen molar-refractivity contribution in [2.45, 2.75) is 13.2 Å². The fraction of sp³-hybridized carbons (Fsp3) is 0.105. The number of anilines is 1. The highest BCUT2D eigenvalue weighted by atomic mass is 35.5. The molecule has 1 aromatic heterocycles. The van der Waals surface area contributed by atoms with Gasteiger partial charge in [0.2, 0.25) is 0 Å². The van der Waals surface area contributed by atoms with Gasteiger partial charge in [-0.1, -0.05) is 60.1 Å². The summed E-state index contributed by atoms with van der Waals surface area (Å²) in [5.74, 6) is 0.465. The number of urea groups is 1. The first-order valence-corrected chi connectivity index (χ1v) is 8.36. The second-order valence-corrected chi connectivity index (χ2v) is 5.79. The maximum atomic E-state index is 12.1. The third-order valence-electron chi connectivity index (χ3n) is 3.51. The number of benzene rings is 2. The number of halogens is 1. The summed E-state index contributed by atoms with van der Waals surface area (Å²) in [4.78, 5) is 20.3. The zero-order chi connectivity index (χ0) is 18.2. The van der Waals surface area contributed by atoms with Crippen molar-refractivity contribution in [1.82, 2.24) is 15.3 Å². The normalized spacial score (nSPS) is 10.2. The van der Waals surface area contributed by atoms with E-state index in [0.29, 0.717) is 11.6 Å². The SMILES string of the molecule is O=C(NCc1ccccc1)Nc1nccnc1OCc1ccccc1Cl. The van der Waals surface area contributed by atoms with Crippen molar-refractivity contribution in [3.05, 3.63) is 83.1 Å². The van der Waals surface area contributed by atoms with Crippen LogP contribution in [0.25, 0.3) is 0 Å². The van der Waals surface area contributed by atoms with Gasteiger partial charge in [0.1, 0.15) is 6.61 Å². The van der Waals surface area contributed by atoms with Crippen molar-refractivity contribution in [1.29, 1.82) is 0 Å². The Kier molecular flexibility index (Phi) is 6.01. The van der Waals surface area contributed by atoms with E-state index in [1.54, 1.807) is 6.07 Å². The zero-order valence-corrected chi connectivity index (χ0v) is 14.6. The van der Waals surface area contributed by atoms with Gasteiger partial charge in [0.05, 0.1) is 0 Å². The van der Waals surface area contributed by atoms with Crippen LogP contribution in [0.4, 0.5) is 10.6 Å². The van der Waals surface area contributed by atoms with Crippen LogP contribution in [0.1, 0.15) is 11.1 Å². The molecule has 0 atom stereocenters. The Morgan fingerprint density at radius 1 is 1.00 bits per heavy atom. The van der Waals surface area contributed by atoms with Crippen molar-refractivity contribution in [2.24, 2.45) is 0 Å². The Labute approximate surface area is 156 Å². The quantitative estimate of drug-likeness (QED) is 0.688. The number of nitrogens with zero attached hydrogens (tertiary/aromatic N) is 2. The average Bonchev–Trinajstić information content (AvgIpc) is 2.68. The standard InChI is InChI=1S/C19H17ClN4O2/c20-16-9-5-4-8-15(16)13-26-18-17(21-10-11-22-18)24-19(25)23-12-14-6-2-1-3-7-14/h1-11H,12-13H2,(H2,21,23,24,25). The lowest BCUT2D eigenvalue weighted by Gasteiger charge is -2.11. The Morgan fingerprint density at radius 2 is 1.73 bits per heavy atom. The molecule has 7 heteroatoms. The van der Waals surface area contributed by atoms with Crippen LogP contribution >= 0.6 is 11.6 Å². The number of carbonyl (C=O) groups excluding carboxylic acids is 1. The molecule has 2 amide bonds. The van der Waals surface area contributed by atoms with Gasteiger partial charge >= 0.3 is 6.03 Å². The molecule has 3 rings (SSSR count). The second-order valence-electron chi connectivity index (χ2n) is 5.38. The topological polar surface area (TPSA) is 76.1 Å². The molecule has 3 aromatic rings. The van der Waals surface area contributed by atoms with E-state index in [4.69, 9.17) is 16.3 Å². The van der Waals surface area contributed by atoms with Gasteiger partial charge in [-0.2, -0.15) is 0 Å². The molecular weight excluding hydrogens is 352 g/mol. The first kappa shape index (κ1) is 17.7. The largest absolute Gasteiger partial charge is 0.470 e. The van der Waals surface area contributed by atoms with Crippen LogP contribution in [-0.2, 0) is 13.2 Å². The predicted molar refractivity (Wildman–Crippen MR) is 100 cm³/mol. The lowest BCUT2D eigenvalue weighted by molar-refractivity contribution is 0.251. The van der Waals surface area contributed by atoms with E-state index in [0.717, 1.165) is 11.1 Å². The van der Waals surface area contributed by atoms with Crippen LogP contribution < -0.4 is 15.4 Å². The fourth-order valence-electron chi connectivity index (χ4n) is 2.21. The molecule has 0 spiro atoms. The van der Waals surface area contributed by atoms with Crippen molar-refractivity contribution in [3.8, 4) is 5.88 Å². The lowest BCUT2D eigenvalue weighted by atomic mass is 10.2. The van der Waals surface area contributed by atoms with E-state index >= 15 is 0 Å². The minimum atomic E-state index is -0.392. The Morgan fingerprint density at radius 3 is 2.54 bits per heavy atom. The van der Waals surface area contributed by atoms with E-state index in [1.165, 1.54) is 12.4 Å². The molecule has 0 saturated carbocycles. The summed E-state index contributed by atoms with van der Waals surface area (Å²) >= 11 is 6.12. The summed E-state index contributed by atoms with van der Waals surface area (Å²) in [6.45, 7) is 0.626. The third-order valence-corrected chi connectivity index (χ3v) is 3.88. The number of nitrogens with one attached hydrogen (secondary N) is 2. The number of hydrogen-bond donors (Lipinski definition) is 2. The first-order valence-electron chi connectivity index (χ1n) is 7.98. The Bertz CT molecular complexity index is 874. The lowest BCUT2D eigenvalue weighted by Crippen LogP contribution is -2.28. The summed E-state index contributed by atoms with van der Waals surface area (Å²) in [6.07, 6.45) is 2.98. The van der Waals surface area contributed by atoms with Gasteiger partial charge in [-0.05, 0) is 11.6 Å². The molecule has 132 valence electrons. The van der Waals surface area contributed by atoms with Crippen LogP contribution in [0.15, 0.2) is 67.0 Å². The number of amides is 2. The molecule has 0 aliphatic heterocycles. The maximum Gasteiger partial charge on any atom is 0.320 e. The molecule has 6 nitrogen and oxygen atoms in total. The number of rotatable bonds is 6. The van der Waals surface area contributed by atoms with Gasteiger partial charge in [-0.15, -0.1) is 0 Å². The van der Waals surface area contributed by atoms with E-state index in [1.807, 2.05) is 48.5 Å². The summed E-state index contributed by atoms with van der Waals surface area (Å²) in [7, 11) is 0. The van der Waals surface area contributed by atoms with Gasteiger partial charge in [0.15, 0.2) is 5.82 Å². The molecule has 2 aromatic carbocycles. The molecule has 1 heterocycles. The Balaban J connectivity index is 1.60. The van der Waals surface area contributed by atoms with Crippen molar-refractivity contribution >= 4 is 23.4 Å². The average molecular weight is 369 g/mol. The van der Waals surface area contributed by atoms with E-state index < -0.39 is 6.03 Å². The van der Waals surface area contributed by atoms with Crippen molar-refractivity contribution in [3.63, 3.8) is 0 Å². The number of aromatic nitrogens is 2. The van der Waals surface area contributed by atoms with Gasteiger partial charge in [0.25, 0.3) is 5.88 Å². The molecule has 0 fully saturated rings. The first-order chi connectivity index (χ1) is 12.7. The fourth-order valence-corrected chi connectivity index (χ4v) is 2.40. The van der Waals surface area contributed by atoms with E-state index in [-0.39, 0.29) is 18.3 Å². The van der Waals surface area contributed by atoms with Crippen LogP contribution in [0, 0.1) is 0 Å². The smallest absolute Gasteiger partial charge is 0.320 e. The maximum absolute atomic E-state index is 12.1. The summed E-state index contributed by atoms with van der Waals surface area (Å²) in [5, 5.41) is 6.02. The van der Waals surface area contributed by atoms with Crippen molar-refractivity contribution < 1.29 is 9.53 Å². The van der Waals surface area contributed by atoms with E-state index in [2.05, 4.69) is 20.6 Å². The van der Waals surface area contributed by atoms with Crippen LogP contribution in [0.3, 0.4) is 0 Å². The van der Waals surface area contributed by atoms with Gasteiger partial charge in [-0.3, -0.25) is 5.32 Å².